The highest BCUT2D eigenvalue weighted by atomic mass is 16.1. The Hall–Kier alpha value is -2.01. The number of rotatable bonds is 3. The van der Waals surface area contributed by atoms with Crippen LogP contribution in [0, 0.1) is 6.92 Å². The van der Waals surface area contributed by atoms with Crippen molar-refractivity contribution >= 4 is 0 Å². The smallest absolute Gasteiger partial charge is 0.264 e. The molecule has 20 heavy (non-hydrogen) atoms. The highest BCUT2D eigenvalue weighted by Crippen LogP contribution is 2.31. The lowest BCUT2D eigenvalue weighted by Gasteiger charge is -2.24. The van der Waals surface area contributed by atoms with Crippen LogP contribution < -0.4 is 5.56 Å². The van der Waals surface area contributed by atoms with E-state index >= 15 is 0 Å². The van der Waals surface area contributed by atoms with E-state index in [1.165, 1.54) is 11.1 Å². The third-order valence-corrected chi connectivity index (χ3v) is 3.92. The number of hydrogen-bond acceptors (Lipinski definition) is 4. The second-order valence-corrected chi connectivity index (χ2v) is 5.28. The minimum Gasteiger partial charge on any atom is -0.290 e. The van der Waals surface area contributed by atoms with Gasteiger partial charge in [0.1, 0.15) is 0 Å². The Morgan fingerprint density at radius 1 is 1.40 bits per heavy atom. The van der Waals surface area contributed by atoms with Gasteiger partial charge in [-0.05, 0) is 49.6 Å². The van der Waals surface area contributed by atoms with E-state index in [9.17, 15) is 4.79 Å². The van der Waals surface area contributed by atoms with Crippen molar-refractivity contribution in [3.05, 3.63) is 57.8 Å². The molecule has 5 nitrogen and oxygen atoms in total. The topological polar surface area (TPSA) is 61.9 Å². The molecular formula is C15H18N4O. The first-order chi connectivity index (χ1) is 9.74. The fraction of sp³-hybridized carbons (Fsp3) is 0.400. The van der Waals surface area contributed by atoms with Crippen LogP contribution in [0.25, 0.3) is 0 Å². The minimum absolute atomic E-state index is 0.150. The summed E-state index contributed by atoms with van der Waals surface area (Å²) in [6.45, 7) is 4.05. The summed E-state index contributed by atoms with van der Waals surface area (Å²) in [5.74, 6) is 0. The van der Waals surface area contributed by atoms with Crippen molar-refractivity contribution in [1.82, 2.24) is 20.1 Å². The van der Waals surface area contributed by atoms with E-state index in [0.29, 0.717) is 6.04 Å². The Balaban J connectivity index is 1.81. The molecule has 3 rings (SSSR count). The van der Waals surface area contributed by atoms with Crippen LogP contribution in [0.15, 0.2) is 35.4 Å². The molecule has 0 saturated carbocycles. The molecule has 1 unspecified atom stereocenters. The molecule has 1 saturated heterocycles. The van der Waals surface area contributed by atoms with Gasteiger partial charge in [0, 0.05) is 25.0 Å². The third-order valence-electron chi connectivity index (χ3n) is 3.92. The average molecular weight is 270 g/mol. The second-order valence-electron chi connectivity index (χ2n) is 5.28. The van der Waals surface area contributed by atoms with Crippen LogP contribution in [0.5, 0.6) is 0 Å². The number of nitrogens with zero attached hydrogens (tertiary/aromatic N) is 3. The number of H-pyrrole nitrogens is 1. The summed E-state index contributed by atoms with van der Waals surface area (Å²) in [6, 6.07) is 5.75. The van der Waals surface area contributed by atoms with Crippen molar-refractivity contribution < 1.29 is 0 Å². The molecule has 0 spiro atoms. The molecule has 1 aliphatic rings. The first kappa shape index (κ1) is 13.0. The van der Waals surface area contributed by atoms with Gasteiger partial charge in [0.25, 0.3) is 5.56 Å². The molecule has 1 aliphatic heterocycles. The Labute approximate surface area is 117 Å². The highest BCUT2D eigenvalue weighted by molar-refractivity contribution is 5.22. The number of aromatic amines is 1. The Kier molecular flexibility index (Phi) is 3.60. The molecule has 2 aromatic rings. The number of pyridine rings is 1. The van der Waals surface area contributed by atoms with Gasteiger partial charge in [-0.1, -0.05) is 0 Å². The lowest BCUT2D eigenvalue weighted by Crippen LogP contribution is -2.25. The van der Waals surface area contributed by atoms with Crippen molar-refractivity contribution in [3.63, 3.8) is 0 Å². The molecule has 1 fully saturated rings. The molecule has 1 N–H and O–H groups in total. The molecule has 3 heterocycles. The summed E-state index contributed by atoms with van der Waals surface area (Å²) in [7, 11) is 0. The van der Waals surface area contributed by atoms with Crippen LogP contribution in [0.3, 0.4) is 0 Å². The van der Waals surface area contributed by atoms with Crippen molar-refractivity contribution in [2.24, 2.45) is 0 Å². The normalized spacial score (nSPS) is 19.4. The maximum Gasteiger partial charge on any atom is 0.264 e. The molecule has 2 aromatic heterocycles. The van der Waals surface area contributed by atoms with E-state index in [0.717, 1.165) is 31.6 Å². The van der Waals surface area contributed by atoms with Gasteiger partial charge >= 0.3 is 0 Å². The predicted molar refractivity (Wildman–Crippen MR) is 76.2 cm³/mol. The number of likely N-dealkylation sites (tertiary alicyclic amines) is 1. The fourth-order valence-corrected chi connectivity index (χ4v) is 2.79. The summed E-state index contributed by atoms with van der Waals surface area (Å²) >= 11 is 0. The van der Waals surface area contributed by atoms with E-state index in [4.69, 9.17) is 0 Å². The molecule has 104 valence electrons. The van der Waals surface area contributed by atoms with E-state index in [2.05, 4.69) is 33.1 Å². The SMILES string of the molecule is Cc1cnccc1CN1CCCC1c1ccc(=O)[nH]n1. The third kappa shape index (κ3) is 2.63. The number of nitrogens with one attached hydrogen (secondary N) is 1. The molecule has 0 aliphatic carbocycles. The van der Waals surface area contributed by atoms with Gasteiger partial charge in [-0.2, -0.15) is 5.10 Å². The summed E-state index contributed by atoms with van der Waals surface area (Å²) in [5, 5.41) is 6.71. The first-order valence-corrected chi connectivity index (χ1v) is 6.93. The Morgan fingerprint density at radius 3 is 3.05 bits per heavy atom. The van der Waals surface area contributed by atoms with Crippen LogP contribution in [-0.4, -0.2) is 26.6 Å². The molecule has 0 amide bonds. The van der Waals surface area contributed by atoms with Crippen molar-refractivity contribution in [1.29, 1.82) is 0 Å². The Morgan fingerprint density at radius 2 is 2.30 bits per heavy atom. The second kappa shape index (κ2) is 5.54. The van der Waals surface area contributed by atoms with Crippen LogP contribution in [0.4, 0.5) is 0 Å². The van der Waals surface area contributed by atoms with E-state index in [-0.39, 0.29) is 5.56 Å². The molecule has 5 heteroatoms. The van der Waals surface area contributed by atoms with Gasteiger partial charge in [0.2, 0.25) is 0 Å². The lowest BCUT2D eigenvalue weighted by molar-refractivity contribution is 0.242. The molecule has 0 bridgehead atoms. The van der Waals surface area contributed by atoms with E-state index in [1.54, 1.807) is 6.07 Å². The maximum atomic E-state index is 11.1. The van der Waals surface area contributed by atoms with Crippen LogP contribution >= 0.6 is 0 Å². The molecule has 0 aromatic carbocycles. The minimum atomic E-state index is -0.150. The fourth-order valence-electron chi connectivity index (χ4n) is 2.79. The molecular weight excluding hydrogens is 252 g/mol. The van der Waals surface area contributed by atoms with Crippen LogP contribution in [0.2, 0.25) is 0 Å². The first-order valence-electron chi connectivity index (χ1n) is 6.93. The van der Waals surface area contributed by atoms with Crippen LogP contribution in [0.1, 0.15) is 35.7 Å². The van der Waals surface area contributed by atoms with Gasteiger partial charge in [-0.3, -0.25) is 14.7 Å². The predicted octanol–water partition coefficient (Wildman–Crippen LogP) is 1.81. The molecule has 0 radical (unpaired) electrons. The van der Waals surface area contributed by atoms with Gasteiger partial charge in [-0.15, -0.1) is 0 Å². The number of aromatic nitrogens is 3. The monoisotopic (exact) mass is 270 g/mol. The summed E-state index contributed by atoms with van der Waals surface area (Å²) < 4.78 is 0. The summed E-state index contributed by atoms with van der Waals surface area (Å²) in [5.41, 5.74) is 3.32. The van der Waals surface area contributed by atoms with Gasteiger partial charge in [0.15, 0.2) is 0 Å². The number of hydrogen-bond donors (Lipinski definition) is 1. The summed E-state index contributed by atoms with van der Waals surface area (Å²) in [6.07, 6.45) is 5.99. The van der Waals surface area contributed by atoms with Gasteiger partial charge in [-0.25, -0.2) is 5.10 Å². The van der Waals surface area contributed by atoms with Crippen LogP contribution in [-0.2, 0) is 6.54 Å². The maximum absolute atomic E-state index is 11.1. The van der Waals surface area contributed by atoms with Crippen molar-refractivity contribution in [3.8, 4) is 0 Å². The van der Waals surface area contributed by atoms with Gasteiger partial charge < -0.3 is 0 Å². The lowest BCUT2D eigenvalue weighted by atomic mass is 10.1. The largest absolute Gasteiger partial charge is 0.290 e. The molecule has 1 atom stereocenters. The summed E-state index contributed by atoms with van der Waals surface area (Å²) in [4.78, 5) is 17.7. The van der Waals surface area contributed by atoms with Crippen molar-refractivity contribution in [2.45, 2.75) is 32.4 Å². The van der Waals surface area contributed by atoms with E-state index < -0.39 is 0 Å². The van der Waals surface area contributed by atoms with E-state index in [1.807, 2.05) is 18.5 Å². The standard InChI is InChI=1S/C15H18N4O/c1-11-9-16-7-6-12(11)10-19-8-2-3-14(19)13-4-5-15(20)18-17-13/h4-7,9,14H,2-3,8,10H2,1H3,(H,18,20). The zero-order valence-corrected chi connectivity index (χ0v) is 11.5. The van der Waals surface area contributed by atoms with Crippen molar-refractivity contribution in [2.75, 3.05) is 6.54 Å². The number of aryl methyl sites for hydroxylation is 1. The zero-order chi connectivity index (χ0) is 13.9. The Bertz CT molecular complexity index is 632. The zero-order valence-electron chi connectivity index (χ0n) is 11.5. The quantitative estimate of drug-likeness (QED) is 0.924. The van der Waals surface area contributed by atoms with Gasteiger partial charge in [0.05, 0.1) is 11.7 Å². The average Bonchev–Trinajstić information content (AvgIpc) is 2.90. The highest BCUT2D eigenvalue weighted by Gasteiger charge is 2.27.